The van der Waals surface area contributed by atoms with Crippen LogP contribution in [0.1, 0.15) is 18.4 Å². The molecule has 1 aromatic carbocycles. The van der Waals surface area contributed by atoms with Gasteiger partial charge in [0, 0.05) is 25.1 Å². The average molecular weight is 355 g/mol. The van der Waals surface area contributed by atoms with Crippen LogP contribution in [0.25, 0.3) is 0 Å². The molecule has 0 aliphatic heterocycles. The molecule has 0 aliphatic carbocycles. The predicted molar refractivity (Wildman–Crippen MR) is 90.0 cm³/mol. The molecular weight excluding hydrogens is 330 g/mol. The Kier molecular flexibility index (Phi) is 8.55. The minimum atomic E-state index is -0.666. The quantitative estimate of drug-likeness (QED) is 0.628. The van der Waals surface area contributed by atoms with Crippen LogP contribution in [0.4, 0.5) is 0 Å². The summed E-state index contributed by atoms with van der Waals surface area (Å²) < 4.78 is 25.3. The van der Waals surface area contributed by atoms with Crippen LogP contribution in [0, 0.1) is 0 Å². The normalized spacial score (nSPS) is 11.4. The van der Waals surface area contributed by atoms with E-state index in [0.717, 1.165) is 5.56 Å². The zero-order valence-electron chi connectivity index (χ0n) is 15.2. The molecule has 0 heterocycles. The first-order chi connectivity index (χ1) is 12.0. The van der Waals surface area contributed by atoms with Gasteiger partial charge in [0.05, 0.1) is 41.1 Å². The van der Waals surface area contributed by atoms with E-state index in [-0.39, 0.29) is 19.4 Å². The number of hydrogen-bond donors (Lipinski definition) is 1. The summed E-state index contributed by atoms with van der Waals surface area (Å²) in [6.45, 7) is 0.275. The van der Waals surface area contributed by atoms with Gasteiger partial charge in [-0.15, -0.1) is 0 Å². The molecule has 140 valence electrons. The van der Waals surface area contributed by atoms with Gasteiger partial charge in [-0.25, -0.2) is 0 Å². The summed E-state index contributed by atoms with van der Waals surface area (Å²) in [5, 5.41) is 3.07. The Bertz CT molecular complexity index is 563. The van der Waals surface area contributed by atoms with E-state index in [9.17, 15) is 9.59 Å². The van der Waals surface area contributed by atoms with Crippen LogP contribution in [0.3, 0.4) is 0 Å². The van der Waals surface area contributed by atoms with Crippen molar-refractivity contribution in [3.8, 4) is 17.2 Å². The SMILES string of the molecule is COC(=O)CCC(NCc1c(OC)cc(OC)cc1OC)C(=O)OC. The molecule has 0 fully saturated rings. The van der Waals surface area contributed by atoms with Crippen molar-refractivity contribution in [1.29, 1.82) is 0 Å². The van der Waals surface area contributed by atoms with E-state index in [4.69, 9.17) is 18.9 Å². The molecule has 1 unspecified atom stereocenters. The van der Waals surface area contributed by atoms with Crippen LogP contribution in [0.2, 0.25) is 0 Å². The number of nitrogens with one attached hydrogen (secondary N) is 1. The molecular formula is C17H25NO7. The van der Waals surface area contributed by atoms with Crippen molar-refractivity contribution in [1.82, 2.24) is 5.32 Å². The molecule has 8 heteroatoms. The minimum Gasteiger partial charge on any atom is -0.496 e. The number of ether oxygens (including phenoxy) is 5. The molecule has 1 N–H and O–H groups in total. The first-order valence-corrected chi connectivity index (χ1v) is 7.67. The Morgan fingerprint density at radius 2 is 1.56 bits per heavy atom. The lowest BCUT2D eigenvalue weighted by atomic mass is 10.1. The fraction of sp³-hybridized carbons (Fsp3) is 0.529. The molecule has 1 atom stereocenters. The zero-order chi connectivity index (χ0) is 18.8. The maximum atomic E-state index is 11.9. The molecule has 1 rings (SSSR count). The predicted octanol–water partition coefficient (Wildman–Crippen LogP) is 1.30. The molecule has 1 aromatic rings. The van der Waals surface area contributed by atoms with Gasteiger partial charge in [-0.1, -0.05) is 0 Å². The second-order valence-electron chi connectivity index (χ2n) is 5.08. The van der Waals surface area contributed by atoms with E-state index >= 15 is 0 Å². The highest BCUT2D eigenvalue weighted by atomic mass is 16.5. The van der Waals surface area contributed by atoms with Crippen LogP contribution in [0.5, 0.6) is 17.2 Å². The lowest BCUT2D eigenvalue weighted by molar-refractivity contribution is -0.144. The van der Waals surface area contributed by atoms with Crippen LogP contribution in [-0.2, 0) is 25.6 Å². The summed E-state index contributed by atoms with van der Waals surface area (Å²) in [7, 11) is 7.21. The monoisotopic (exact) mass is 355 g/mol. The van der Waals surface area contributed by atoms with Crippen molar-refractivity contribution in [3.63, 3.8) is 0 Å². The number of carbonyl (C=O) groups is 2. The van der Waals surface area contributed by atoms with Crippen LogP contribution < -0.4 is 19.5 Å². The molecule has 0 aromatic heterocycles. The third-order valence-electron chi connectivity index (χ3n) is 3.69. The van der Waals surface area contributed by atoms with Gasteiger partial charge in [0.25, 0.3) is 0 Å². The molecule has 25 heavy (non-hydrogen) atoms. The molecule has 0 aliphatic rings. The Morgan fingerprint density at radius 3 is 2.00 bits per heavy atom. The Balaban J connectivity index is 2.94. The summed E-state index contributed by atoms with van der Waals surface area (Å²) in [6, 6.07) is 2.78. The van der Waals surface area contributed by atoms with E-state index < -0.39 is 18.0 Å². The second kappa shape index (κ2) is 10.4. The van der Waals surface area contributed by atoms with Crippen molar-refractivity contribution in [3.05, 3.63) is 17.7 Å². The van der Waals surface area contributed by atoms with Crippen LogP contribution in [-0.4, -0.2) is 53.5 Å². The summed E-state index contributed by atoms with van der Waals surface area (Å²) in [5.41, 5.74) is 0.720. The van der Waals surface area contributed by atoms with E-state index in [1.54, 1.807) is 19.2 Å². The van der Waals surface area contributed by atoms with Gasteiger partial charge in [0.15, 0.2) is 0 Å². The summed E-state index contributed by atoms with van der Waals surface area (Å²) in [4.78, 5) is 23.2. The highest BCUT2D eigenvalue weighted by Gasteiger charge is 2.22. The van der Waals surface area contributed by atoms with Gasteiger partial charge < -0.3 is 23.7 Å². The second-order valence-corrected chi connectivity index (χ2v) is 5.08. The third-order valence-corrected chi connectivity index (χ3v) is 3.69. The zero-order valence-corrected chi connectivity index (χ0v) is 15.2. The number of benzene rings is 1. The maximum absolute atomic E-state index is 11.9. The number of methoxy groups -OCH3 is 5. The van der Waals surface area contributed by atoms with Gasteiger partial charge in [-0.3, -0.25) is 14.9 Å². The molecule has 0 saturated heterocycles. The molecule has 8 nitrogen and oxygen atoms in total. The molecule has 0 saturated carbocycles. The summed E-state index contributed by atoms with van der Waals surface area (Å²) >= 11 is 0. The van der Waals surface area contributed by atoms with Crippen molar-refractivity contribution in [2.45, 2.75) is 25.4 Å². The smallest absolute Gasteiger partial charge is 0.322 e. The Hall–Kier alpha value is -2.48. The van der Waals surface area contributed by atoms with Gasteiger partial charge in [0.2, 0.25) is 0 Å². The fourth-order valence-electron chi connectivity index (χ4n) is 2.29. The average Bonchev–Trinajstić information content (AvgIpc) is 2.66. The molecule has 0 spiro atoms. The summed E-state index contributed by atoms with van der Waals surface area (Å²) in [6.07, 6.45) is 0.348. The highest BCUT2D eigenvalue weighted by Crippen LogP contribution is 2.34. The Morgan fingerprint density at radius 1 is 0.960 bits per heavy atom. The number of hydrogen-bond acceptors (Lipinski definition) is 8. The minimum absolute atomic E-state index is 0.0974. The molecule has 0 radical (unpaired) electrons. The Labute approximate surface area is 147 Å². The van der Waals surface area contributed by atoms with Gasteiger partial charge in [-0.05, 0) is 6.42 Å². The topological polar surface area (TPSA) is 92.3 Å². The van der Waals surface area contributed by atoms with Crippen molar-refractivity contribution >= 4 is 11.9 Å². The molecule has 0 bridgehead atoms. The van der Waals surface area contributed by atoms with E-state index in [1.165, 1.54) is 28.4 Å². The van der Waals surface area contributed by atoms with Crippen molar-refractivity contribution in [2.75, 3.05) is 35.5 Å². The first-order valence-electron chi connectivity index (χ1n) is 7.67. The van der Waals surface area contributed by atoms with E-state index in [1.807, 2.05) is 0 Å². The number of carbonyl (C=O) groups excluding carboxylic acids is 2. The maximum Gasteiger partial charge on any atom is 0.322 e. The summed E-state index contributed by atoms with van der Waals surface area (Å²) in [5.74, 6) is 0.846. The first kappa shape index (κ1) is 20.6. The van der Waals surface area contributed by atoms with Crippen LogP contribution >= 0.6 is 0 Å². The third kappa shape index (κ3) is 5.82. The largest absolute Gasteiger partial charge is 0.496 e. The van der Waals surface area contributed by atoms with Crippen molar-refractivity contribution in [2.24, 2.45) is 0 Å². The van der Waals surface area contributed by atoms with E-state index in [2.05, 4.69) is 10.1 Å². The van der Waals surface area contributed by atoms with Crippen LogP contribution in [0.15, 0.2) is 12.1 Å². The van der Waals surface area contributed by atoms with Gasteiger partial charge >= 0.3 is 11.9 Å². The fourth-order valence-corrected chi connectivity index (χ4v) is 2.29. The van der Waals surface area contributed by atoms with Crippen molar-refractivity contribution < 1.29 is 33.3 Å². The number of rotatable bonds is 10. The number of esters is 2. The lowest BCUT2D eigenvalue weighted by Crippen LogP contribution is -2.37. The van der Waals surface area contributed by atoms with Gasteiger partial charge in [0.1, 0.15) is 23.3 Å². The molecule has 0 amide bonds. The lowest BCUT2D eigenvalue weighted by Gasteiger charge is -2.19. The van der Waals surface area contributed by atoms with E-state index in [0.29, 0.717) is 17.2 Å². The highest BCUT2D eigenvalue weighted by molar-refractivity contribution is 5.77. The van der Waals surface area contributed by atoms with Gasteiger partial charge in [-0.2, -0.15) is 0 Å². The standard InChI is InChI=1S/C17H25NO7/c1-21-11-8-14(22-2)12(15(9-11)23-3)10-18-13(17(20)25-5)6-7-16(19)24-4/h8-9,13,18H,6-7,10H2,1-5H3.